The molecule has 8 heteroatoms. The molecular weight excluding hydrogens is 298 g/mol. The normalized spacial score (nSPS) is 9.86. The number of benzene rings is 1. The lowest BCUT2D eigenvalue weighted by Crippen LogP contribution is -2.33. The number of rotatable bonds is 5. The van der Waals surface area contributed by atoms with Gasteiger partial charge in [0.2, 0.25) is 5.91 Å². The van der Waals surface area contributed by atoms with Crippen LogP contribution in [0.3, 0.4) is 0 Å². The fourth-order valence-electron chi connectivity index (χ4n) is 1.47. The molecule has 0 unspecified atom stereocenters. The van der Waals surface area contributed by atoms with Gasteiger partial charge in [-0.15, -0.1) is 0 Å². The van der Waals surface area contributed by atoms with Crippen LogP contribution in [0.1, 0.15) is 16.8 Å². The highest BCUT2D eigenvalue weighted by Crippen LogP contribution is 2.19. The van der Waals surface area contributed by atoms with Crippen molar-refractivity contribution in [2.45, 2.75) is 6.42 Å². The van der Waals surface area contributed by atoms with Gasteiger partial charge in [-0.3, -0.25) is 4.79 Å². The van der Waals surface area contributed by atoms with Gasteiger partial charge in [0.15, 0.2) is 0 Å². The van der Waals surface area contributed by atoms with Crippen LogP contribution in [-0.2, 0) is 4.79 Å². The SMILES string of the molecule is CN(C)C(=O)CCNC(=O)Nc1cc(Cl)cc(C(=O)O)c1. The number of hydrogen-bond acceptors (Lipinski definition) is 3. The number of amides is 3. The number of carbonyl (C=O) groups is 3. The van der Waals surface area contributed by atoms with E-state index in [1.807, 2.05) is 0 Å². The summed E-state index contributed by atoms with van der Waals surface area (Å²) in [6.45, 7) is 0.176. The zero-order valence-electron chi connectivity index (χ0n) is 11.6. The Bertz CT molecular complexity index is 560. The van der Waals surface area contributed by atoms with Crippen LogP contribution in [0, 0.1) is 0 Å². The van der Waals surface area contributed by atoms with E-state index < -0.39 is 12.0 Å². The summed E-state index contributed by atoms with van der Waals surface area (Å²) in [6, 6.07) is 3.46. The first-order valence-electron chi connectivity index (χ1n) is 6.08. The number of urea groups is 1. The number of carboxylic acid groups (broad SMARTS) is 1. The maximum absolute atomic E-state index is 11.6. The Kier molecular flexibility index (Phi) is 5.98. The number of carboxylic acids is 1. The Morgan fingerprint density at radius 3 is 2.48 bits per heavy atom. The smallest absolute Gasteiger partial charge is 0.335 e. The maximum Gasteiger partial charge on any atom is 0.335 e. The first kappa shape index (κ1) is 16.8. The molecule has 0 aliphatic rings. The van der Waals surface area contributed by atoms with Crippen molar-refractivity contribution in [1.29, 1.82) is 0 Å². The third kappa shape index (κ3) is 5.70. The molecule has 7 nitrogen and oxygen atoms in total. The molecule has 3 N–H and O–H groups in total. The van der Waals surface area contributed by atoms with Gasteiger partial charge in [-0.1, -0.05) is 11.6 Å². The van der Waals surface area contributed by atoms with Crippen molar-refractivity contribution in [3.63, 3.8) is 0 Å². The summed E-state index contributed by atoms with van der Waals surface area (Å²) in [4.78, 5) is 35.2. The fraction of sp³-hybridized carbons (Fsp3) is 0.308. The number of carbonyl (C=O) groups excluding carboxylic acids is 2. The summed E-state index contributed by atoms with van der Waals surface area (Å²) in [5.74, 6) is -1.25. The minimum absolute atomic E-state index is 0.0272. The minimum atomic E-state index is -1.14. The van der Waals surface area contributed by atoms with Gasteiger partial charge in [0.25, 0.3) is 0 Å². The summed E-state index contributed by atoms with van der Waals surface area (Å²) in [6.07, 6.45) is 0.177. The predicted octanol–water partition coefficient (Wildman–Crippen LogP) is 1.64. The van der Waals surface area contributed by atoms with Crippen molar-refractivity contribution in [3.05, 3.63) is 28.8 Å². The van der Waals surface area contributed by atoms with Crippen molar-refractivity contribution < 1.29 is 19.5 Å². The van der Waals surface area contributed by atoms with Crippen molar-refractivity contribution >= 4 is 35.2 Å². The van der Waals surface area contributed by atoms with Crippen LogP contribution in [0.5, 0.6) is 0 Å². The van der Waals surface area contributed by atoms with Gasteiger partial charge in [-0.05, 0) is 18.2 Å². The van der Waals surface area contributed by atoms with E-state index in [2.05, 4.69) is 10.6 Å². The van der Waals surface area contributed by atoms with Gasteiger partial charge in [-0.25, -0.2) is 9.59 Å². The molecule has 0 atom stereocenters. The Morgan fingerprint density at radius 2 is 1.90 bits per heavy atom. The monoisotopic (exact) mass is 313 g/mol. The molecule has 21 heavy (non-hydrogen) atoms. The van der Waals surface area contributed by atoms with E-state index in [0.717, 1.165) is 0 Å². The zero-order chi connectivity index (χ0) is 16.0. The Hall–Kier alpha value is -2.28. The molecule has 1 aromatic carbocycles. The van der Waals surface area contributed by atoms with Crippen molar-refractivity contribution in [2.75, 3.05) is 26.0 Å². The average Bonchev–Trinajstić information content (AvgIpc) is 2.37. The number of anilines is 1. The minimum Gasteiger partial charge on any atom is -0.478 e. The maximum atomic E-state index is 11.6. The fourth-order valence-corrected chi connectivity index (χ4v) is 1.70. The molecule has 1 rings (SSSR count). The summed E-state index contributed by atoms with van der Waals surface area (Å²) < 4.78 is 0. The highest BCUT2D eigenvalue weighted by Gasteiger charge is 2.09. The summed E-state index contributed by atoms with van der Waals surface area (Å²) in [5.41, 5.74) is 0.233. The molecule has 0 spiro atoms. The topological polar surface area (TPSA) is 98.7 Å². The summed E-state index contributed by atoms with van der Waals surface area (Å²) >= 11 is 5.77. The van der Waals surface area contributed by atoms with Crippen LogP contribution in [0.2, 0.25) is 5.02 Å². The molecule has 0 aliphatic carbocycles. The molecule has 0 fully saturated rings. The summed E-state index contributed by atoms with van der Waals surface area (Å²) in [5, 5.41) is 14.1. The molecule has 0 saturated carbocycles. The van der Waals surface area contributed by atoms with E-state index >= 15 is 0 Å². The second kappa shape index (κ2) is 7.49. The number of halogens is 1. The van der Waals surface area contributed by atoms with Crippen LogP contribution in [-0.4, -0.2) is 48.6 Å². The number of nitrogens with zero attached hydrogens (tertiary/aromatic N) is 1. The van der Waals surface area contributed by atoms with Crippen molar-refractivity contribution in [2.24, 2.45) is 0 Å². The standard InChI is InChI=1S/C13H16ClN3O4/c1-17(2)11(18)3-4-15-13(21)16-10-6-8(12(19)20)5-9(14)7-10/h5-7H,3-4H2,1-2H3,(H,19,20)(H2,15,16,21). The quantitative estimate of drug-likeness (QED) is 0.769. The Balaban J connectivity index is 2.55. The highest BCUT2D eigenvalue weighted by atomic mass is 35.5. The lowest BCUT2D eigenvalue weighted by Gasteiger charge is -2.11. The van der Waals surface area contributed by atoms with E-state index in [1.54, 1.807) is 14.1 Å². The molecule has 0 aromatic heterocycles. The van der Waals surface area contributed by atoms with E-state index in [0.29, 0.717) is 0 Å². The number of nitrogens with one attached hydrogen (secondary N) is 2. The van der Waals surface area contributed by atoms with Crippen LogP contribution >= 0.6 is 11.6 Å². The first-order chi connectivity index (χ1) is 9.79. The molecule has 3 amide bonds. The lowest BCUT2D eigenvalue weighted by molar-refractivity contribution is -0.128. The molecular formula is C13H16ClN3O4. The summed E-state index contributed by atoms with van der Waals surface area (Å²) in [7, 11) is 3.25. The predicted molar refractivity (Wildman–Crippen MR) is 78.7 cm³/mol. The molecule has 0 saturated heterocycles. The van der Waals surface area contributed by atoms with Gasteiger partial charge in [0.05, 0.1) is 5.56 Å². The second-order valence-electron chi connectivity index (χ2n) is 4.45. The Morgan fingerprint density at radius 1 is 1.24 bits per heavy atom. The number of aromatic carboxylic acids is 1. The Labute approximate surface area is 126 Å². The van der Waals surface area contributed by atoms with Crippen LogP contribution in [0.25, 0.3) is 0 Å². The molecule has 0 radical (unpaired) electrons. The molecule has 0 heterocycles. The first-order valence-corrected chi connectivity index (χ1v) is 6.46. The van der Waals surface area contributed by atoms with E-state index in [-0.39, 0.29) is 35.1 Å². The van der Waals surface area contributed by atoms with E-state index in [9.17, 15) is 14.4 Å². The van der Waals surface area contributed by atoms with Crippen LogP contribution in [0.15, 0.2) is 18.2 Å². The van der Waals surface area contributed by atoms with E-state index in [1.165, 1.54) is 23.1 Å². The third-order valence-corrected chi connectivity index (χ3v) is 2.74. The number of hydrogen-bond donors (Lipinski definition) is 3. The molecule has 0 aliphatic heterocycles. The van der Waals surface area contributed by atoms with Gasteiger partial charge in [0, 0.05) is 37.8 Å². The van der Waals surface area contributed by atoms with Gasteiger partial charge in [-0.2, -0.15) is 0 Å². The van der Waals surface area contributed by atoms with Gasteiger partial charge in [0.1, 0.15) is 0 Å². The highest BCUT2D eigenvalue weighted by molar-refractivity contribution is 6.31. The van der Waals surface area contributed by atoms with Gasteiger partial charge >= 0.3 is 12.0 Å². The van der Waals surface area contributed by atoms with Crippen LogP contribution in [0.4, 0.5) is 10.5 Å². The second-order valence-corrected chi connectivity index (χ2v) is 4.89. The third-order valence-electron chi connectivity index (χ3n) is 2.53. The molecule has 1 aromatic rings. The average molecular weight is 314 g/mol. The van der Waals surface area contributed by atoms with E-state index in [4.69, 9.17) is 16.7 Å². The van der Waals surface area contributed by atoms with Crippen molar-refractivity contribution in [1.82, 2.24) is 10.2 Å². The molecule has 114 valence electrons. The molecule has 0 bridgehead atoms. The van der Waals surface area contributed by atoms with Crippen LogP contribution < -0.4 is 10.6 Å². The van der Waals surface area contributed by atoms with Gasteiger partial charge < -0.3 is 20.6 Å². The van der Waals surface area contributed by atoms with Crippen molar-refractivity contribution in [3.8, 4) is 0 Å². The largest absolute Gasteiger partial charge is 0.478 e. The zero-order valence-corrected chi connectivity index (χ0v) is 12.4. The lowest BCUT2D eigenvalue weighted by atomic mass is 10.2.